The molecule has 2 aromatic rings. The lowest BCUT2D eigenvalue weighted by atomic mass is 10.3. The van der Waals surface area contributed by atoms with Crippen LogP contribution in [0.5, 0.6) is 0 Å². The predicted molar refractivity (Wildman–Crippen MR) is 113 cm³/mol. The smallest absolute Gasteiger partial charge is 0.433 e. The van der Waals surface area contributed by atoms with Crippen molar-refractivity contribution in [2.24, 2.45) is 7.05 Å². The molecule has 174 valence electrons. The molecule has 2 aromatic heterocycles. The Morgan fingerprint density at radius 1 is 1.38 bits per heavy atom. The lowest BCUT2D eigenvalue weighted by Crippen LogP contribution is -2.55. The largest absolute Gasteiger partial charge is 0.491 e. The van der Waals surface area contributed by atoms with Crippen molar-refractivity contribution in [2.75, 3.05) is 24.5 Å². The highest BCUT2D eigenvalue weighted by atomic mass is 32.2. The fourth-order valence-electron chi connectivity index (χ4n) is 3.18. The number of thioether (sulfide) groups is 1. The van der Waals surface area contributed by atoms with Crippen LogP contribution in [0.1, 0.15) is 20.8 Å². The minimum absolute atomic E-state index is 0.0373. The van der Waals surface area contributed by atoms with Gasteiger partial charge in [-0.15, -0.1) is 5.92 Å². The Bertz CT molecular complexity index is 1130. The highest BCUT2D eigenvalue weighted by Crippen LogP contribution is 2.27. The number of halogens is 3. The summed E-state index contributed by atoms with van der Waals surface area (Å²) in [6.45, 7) is 6.20. The first-order valence-corrected chi connectivity index (χ1v) is 10.7. The Balaban J connectivity index is 2.14. The van der Waals surface area contributed by atoms with Gasteiger partial charge in [-0.3, -0.25) is 13.9 Å². The van der Waals surface area contributed by atoms with E-state index in [-0.39, 0.29) is 47.6 Å². The van der Waals surface area contributed by atoms with Gasteiger partial charge in [0.05, 0.1) is 13.1 Å². The molecule has 1 atom stereocenters. The zero-order chi connectivity index (χ0) is 23.6. The molecule has 0 aromatic carbocycles. The maximum atomic E-state index is 13.1. The van der Waals surface area contributed by atoms with Crippen LogP contribution in [0.4, 0.5) is 19.1 Å². The van der Waals surface area contributed by atoms with Gasteiger partial charge in [0.1, 0.15) is 0 Å². The Morgan fingerprint density at radius 3 is 2.72 bits per heavy atom. The zero-order valence-corrected chi connectivity index (χ0v) is 18.8. The van der Waals surface area contributed by atoms with Crippen molar-refractivity contribution in [1.82, 2.24) is 24.4 Å². The summed E-state index contributed by atoms with van der Waals surface area (Å²) in [6.07, 6.45) is -6.39. The molecular formula is C19H23F3N6O3S. The molecule has 0 aliphatic carbocycles. The summed E-state index contributed by atoms with van der Waals surface area (Å²) < 4.78 is 46.0. The second-order valence-corrected chi connectivity index (χ2v) is 8.82. The number of imidazole rings is 1. The van der Waals surface area contributed by atoms with Gasteiger partial charge >= 0.3 is 12.1 Å². The fraction of sp³-hybridized carbons (Fsp3) is 0.579. The molecular weight excluding hydrogens is 449 g/mol. The molecule has 0 saturated carbocycles. The average Bonchev–Trinajstić information content (AvgIpc) is 3.07. The highest BCUT2D eigenvalue weighted by molar-refractivity contribution is 7.99. The van der Waals surface area contributed by atoms with Gasteiger partial charge in [-0.2, -0.15) is 18.2 Å². The number of aromatic nitrogens is 4. The average molecular weight is 472 g/mol. The summed E-state index contributed by atoms with van der Waals surface area (Å²) in [6, 6.07) is 0. The van der Waals surface area contributed by atoms with E-state index in [0.29, 0.717) is 11.7 Å². The van der Waals surface area contributed by atoms with Gasteiger partial charge in [0.15, 0.2) is 22.5 Å². The predicted octanol–water partition coefficient (Wildman–Crippen LogP) is 1.49. The molecule has 1 fully saturated rings. The molecule has 32 heavy (non-hydrogen) atoms. The van der Waals surface area contributed by atoms with E-state index in [9.17, 15) is 22.8 Å². The maximum absolute atomic E-state index is 13.1. The number of anilines is 1. The number of ether oxygens (including phenoxy) is 1. The molecule has 1 N–H and O–H groups in total. The second-order valence-electron chi connectivity index (χ2n) is 7.28. The van der Waals surface area contributed by atoms with Crippen molar-refractivity contribution in [1.29, 1.82) is 0 Å². The third kappa shape index (κ3) is 4.86. The number of rotatable bonds is 5. The van der Waals surface area contributed by atoms with Crippen LogP contribution < -0.4 is 15.8 Å². The van der Waals surface area contributed by atoms with E-state index in [0.717, 1.165) is 0 Å². The molecule has 3 heterocycles. The van der Waals surface area contributed by atoms with E-state index in [2.05, 4.69) is 27.1 Å². The van der Waals surface area contributed by atoms with E-state index in [1.165, 1.54) is 25.8 Å². The number of hydrogen-bond donors (Lipinski definition) is 1. The van der Waals surface area contributed by atoms with Crippen molar-refractivity contribution >= 4 is 34.8 Å². The van der Waals surface area contributed by atoms with Crippen molar-refractivity contribution in [3.63, 3.8) is 0 Å². The Labute approximate surface area is 186 Å². The van der Waals surface area contributed by atoms with Gasteiger partial charge in [-0.25, -0.2) is 9.78 Å². The number of fused-ring (bicyclic) bond motifs is 1. The molecule has 1 saturated heterocycles. The van der Waals surface area contributed by atoms with Gasteiger partial charge in [0.25, 0.3) is 5.56 Å². The molecule has 0 spiro atoms. The van der Waals surface area contributed by atoms with Crippen LogP contribution in [0.3, 0.4) is 0 Å². The summed E-state index contributed by atoms with van der Waals surface area (Å²) in [5.41, 5.74) is -0.0184. The summed E-state index contributed by atoms with van der Waals surface area (Å²) in [4.78, 5) is 35.0. The normalized spacial score (nSPS) is 16.9. The van der Waals surface area contributed by atoms with Gasteiger partial charge < -0.3 is 15.0 Å². The van der Waals surface area contributed by atoms with Crippen LogP contribution in [0.2, 0.25) is 0 Å². The van der Waals surface area contributed by atoms with Gasteiger partial charge in [0.2, 0.25) is 5.95 Å². The number of carbonyl (C=O) groups excluding carboxylic acids is 1. The van der Waals surface area contributed by atoms with Gasteiger partial charge in [-0.05, 0) is 6.92 Å². The van der Waals surface area contributed by atoms with Crippen LogP contribution in [-0.4, -0.2) is 62.4 Å². The lowest BCUT2D eigenvalue weighted by molar-refractivity contribution is -0.205. The second kappa shape index (κ2) is 9.41. The Hall–Kier alpha value is -2.72. The lowest BCUT2D eigenvalue weighted by Gasteiger charge is -2.36. The number of piperazine rings is 1. The molecule has 0 radical (unpaired) electrons. The van der Waals surface area contributed by atoms with Crippen molar-refractivity contribution in [2.45, 2.75) is 50.1 Å². The van der Waals surface area contributed by atoms with Crippen molar-refractivity contribution in [3.05, 3.63) is 10.4 Å². The molecule has 13 heteroatoms. The Morgan fingerprint density at radius 2 is 2.09 bits per heavy atom. The van der Waals surface area contributed by atoms with E-state index < -0.39 is 18.4 Å². The van der Waals surface area contributed by atoms with E-state index >= 15 is 0 Å². The first-order valence-electron chi connectivity index (χ1n) is 9.83. The molecule has 1 unspecified atom stereocenters. The van der Waals surface area contributed by atoms with Gasteiger partial charge in [-0.1, -0.05) is 31.5 Å². The maximum Gasteiger partial charge on any atom is 0.491 e. The summed E-state index contributed by atoms with van der Waals surface area (Å²) in [5, 5.41) is 3.54. The van der Waals surface area contributed by atoms with Crippen molar-refractivity contribution < 1.29 is 22.7 Å². The topological polar surface area (TPSA) is 94.3 Å². The number of carbonyl (C=O) groups is 1. The molecule has 0 bridgehead atoms. The fourth-order valence-corrected chi connectivity index (χ4v) is 3.98. The Kier molecular flexibility index (Phi) is 7.04. The van der Waals surface area contributed by atoms with Crippen LogP contribution in [0.15, 0.2) is 9.95 Å². The molecule has 1 aliphatic heterocycles. The summed E-state index contributed by atoms with van der Waals surface area (Å²) in [5.74, 6) is 3.47. The van der Waals surface area contributed by atoms with Crippen LogP contribution in [-0.2, 0) is 23.1 Å². The molecule has 0 amide bonds. The number of esters is 1. The van der Waals surface area contributed by atoms with E-state index in [4.69, 9.17) is 4.74 Å². The standard InChI is InChI=1S/C19H23F3N6O3S/c1-5-6-8-28-13-14(25-18(32-11(2)3)26(4)15(13)29)24-17(28)27-9-7-23-10-12(27)31-16(30)19(20,21)22/h11-12,23H,7-10H2,1-4H3. The van der Waals surface area contributed by atoms with Crippen molar-refractivity contribution in [3.8, 4) is 11.8 Å². The molecule has 9 nitrogen and oxygen atoms in total. The van der Waals surface area contributed by atoms with Crippen LogP contribution >= 0.6 is 11.8 Å². The first kappa shape index (κ1) is 23.9. The summed E-state index contributed by atoms with van der Waals surface area (Å²) in [7, 11) is 1.60. The minimum Gasteiger partial charge on any atom is -0.433 e. The minimum atomic E-state index is -5.13. The monoisotopic (exact) mass is 472 g/mol. The van der Waals surface area contributed by atoms with E-state index in [1.807, 2.05) is 13.8 Å². The van der Waals surface area contributed by atoms with Crippen LogP contribution in [0.25, 0.3) is 11.2 Å². The number of alkyl halides is 3. The third-order valence-electron chi connectivity index (χ3n) is 4.61. The van der Waals surface area contributed by atoms with E-state index in [1.54, 1.807) is 14.0 Å². The zero-order valence-electron chi connectivity index (χ0n) is 18.0. The van der Waals surface area contributed by atoms with Gasteiger partial charge in [0, 0.05) is 25.4 Å². The third-order valence-corrected chi connectivity index (χ3v) is 5.65. The summed E-state index contributed by atoms with van der Waals surface area (Å²) >= 11 is 1.39. The number of hydrogen-bond acceptors (Lipinski definition) is 8. The number of nitrogens with zero attached hydrogens (tertiary/aromatic N) is 5. The quantitative estimate of drug-likeness (QED) is 0.303. The van der Waals surface area contributed by atoms with Crippen LogP contribution in [0, 0.1) is 11.8 Å². The first-order chi connectivity index (χ1) is 15.0. The molecule has 1 aliphatic rings. The number of nitrogens with one attached hydrogen (secondary N) is 1. The SMILES string of the molecule is CC#CCn1c(N2CCNCC2OC(=O)C(F)(F)F)nc2nc(SC(C)C)n(C)c(=O)c21. The highest BCUT2D eigenvalue weighted by Gasteiger charge is 2.44. The molecule has 3 rings (SSSR count).